The van der Waals surface area contributed by atoms with Gasteiger partial charge in [0, 0.05) is 39.5 Å². The van der Waals surface area contributed by atoms with Gasteiger partial charge in [0.2, 0.25) is 17.7 Å². The zero-order valence-corrected chi connectivity index (χ0v) is 13.4. The summed E-state index contributed by atoms with van der Waals surface area (Å²) in [5, 5.41) is 10.8. The molecule has 0 bridgehead atoms. The molecule has 8 heteroatoms. The van der Waals surface area contributed by atoms with Gasteiger partial charge in [0.25, 0.3) is 0 Å². The van der Waals surface area contributed by atoms with E-state index >= 15 is 0 Å². The fourth-order valence-corrected chi connectivity index (χ4v) is 2.83. The van der Waals surface area contributed by atoms with Gasteiger partial charge >= 0.3 is 0 Å². The van der Waals surface area contributed by atoms with Crippen LogP contribution in [0.25, 0.3) is 0 Å². The zero-order chi connectivity index (χ0) is 16.4. The molecular formula is C15H21N5O3. The first-order chi connectivity index (χ1) is 11.0. The summed E-state index contributed by atoms with van der Waals surface area (Å²) in [4.78, 5) is 27.2. The van der Waals surface area contributed by atoms with Gasteiger partial charge in [-0.2, -0.15) is 0 Å². The van der Waals surface area contributed by atoms with Crippen molar-refractivity contribution in [2.24, 2.45) is 0 Å². The first-order valence-electron chi connectivity index (χ1n) is 7.79. The molecule has 23 heavy (non-hydrogen) atoms. The Bertz CT molecular complexity index is 589. The summed E-state index contributed by atoms with van der Waals surface area (Å²) in [5.74, 6) is 1.16. The molecule has 0 aromatic carbocycles. The second-order valence-corrected chi connectivity index (χ2v) is 6.10. The molecule has 124 valence electrons. The smallest absolute Gasteiger partial charge is 0.245 e. The van der Waals surface area contributed by atoms with Gasteiger partial charge < -0.3 is 19.9 Å². The highest BCUT2D eigenvalue weighted by Crippen LogP contribution is 2.19. The van der Waals surface area contributed by atoms with Gasteiger partial charge in [0.15, 0.2) is 5.82 Å². The molecule has 0 radical (unpaired) electrons. The van der Waals surface area contributed by atoms with Crippen molar-refractivity contribution in [3.63, 3.8) is 0 Å². The minimum absolute atomic E-state index is 0.0176. The molecule has 2 amide bonds. The molecule has 2 aliphatic heterocycles. The van der Waals surface area contributed by atoms with Gasteiger partial charge in [0.1, 0.15) is 12.1 Å². The van der Waals surface area contributed by atoms with E-state index in [2.05, 4.69) is 15.5 Å². The lowest BCUT2D eigenvalue weighted by Crippen LogP contribution is -2.44. The number of nitrogens with zero attached hydrogens (tertiary/aromatic N) is 4. The predicted octanol–water partition coefficient (Wildman–Crippen LogP) is -0.199. The summed E-state index contributed by atoms with van der Waals surface area (Å²) in [7, 11) is 3.79. The standard InChI is InChI=1S/C15H21N5O3/c1-19(2)12-4-6-14(18-17-12)23-10-7-8-20(9-10)15(22)11-3-5-13(21)16-11/h4,6,10-11H,3,5,7-9H2,1-2H3,(H,16,21)/t10-,11+/m0/s1. The predicted molar refractivity (Wildman–Crippen MR) is 83.1 cm³/mol. The Kier molecular flexibility index (Phi) is 4.31. The number of aromatic nitrogens is 2. The fourth-order valence-electron chi connectivity index (χ4n) is 2.83. The lowest BCUT2D eigenvalue weighted by Gasteiger charge is -2.20. The molecule has 1 aromatic heterocycles. The van der Waals surface area contributed by atoms with Crippen molar-refractivity contribution in [3.05, 3.63) is 12.1 Å². The van der Waals surface area contributed by atoms with E-state index in [0.717, 1.165) is 12.2 Å². The van der Waals surface area contributed by atoms with Crippen LogP contribution < -0.4 is 15.0 Å². The summed E-state index contributed by atoms with van der Waals surface area (Å²) in [6, 6.07) is 3.25. The maximum atomic E-state index is 12.3. The number of amides is 2. The van der Waals surface area contributed by atoms with Crippen molar-refractivity contribution in [2.45, 2.75) is 31.4 Å². The van der Waals surface area contributed by atoms with E-state index in [1.54, 1.807) is 11.0 Å². The van der Waals surface area contributed by atoms with E-state index in [4.69, 9.17) is 4.74 Å². The summed E-state index contributed by atoms with van der Waals surface area (Å²) >= 11 is 0. The van der Waals surface area contributed by atoms with Crippen LogP contribution in [0.15, 0.2) is 12.1 Å². The average molecular weight is 319 g/mol. The maximum absolute atomic E-state index is 12.3. The molecule has 0 unspecified atom stereocenters. The largest absolute Gasteiger partial charge is 0.471 e. The van der Waals surface area contributed by atoms with E-state index in [1.165, 1.54) is 0 Å². The topological polar surface area (TPSA) is 87.7 Å². The number of hydrogen-bond acceptors (Lipinski definition) is 6. The molecule has 0 aliphatic carbocycles. The van der Waals surface area contributed by atoms with Crippen LogP contribution in [0.4, 0.5) is 5.82 Å². The Balaban J connectivity index is 1.53. The van der Waals surface area contributed by atoms with E-state index < -0.39 is 0 Å². The number of anilines is 1. The van der Waals surface area contributed by atoms with Gasteiger partial charge in [0.05, 0.1) is 6.54 Å². The SMILES string of the molecule is CN(C)c1ccc(O[C@H]2CCN(C(=O)[C@H]3CCC(=O)N3)C2)nn1. The monoisotopic (exact) mass is 319 g/mol. The summed E-state index contributed by atoms with van der Waals surface area (Å²) < 4.78 is 5.80. The molecule has 0 spiro atoms. The Morgan fingerprint density at radius 2 is 2.17 bits per heavy atom. The van der Waals surface area contributed by atoms with Crippen LogP contribution in [-0.4, -0.2) is 66.2 Å². The van der Waals surface area contributed by atoms with Crippen molar-refractivity contribution in [2.75, 3.05) is 32.1 Å². The third-order valence-electron chi connectivity index (χ3n) is 4.12. The molecular weight excluding hydrogens is 298 g/mol. The second-order valence-electron chi connectivity index (χ2n) is 6.10. The third-order valence-corrected chi connectivity index (χ3v) is 4.12. The lowest BCUT2D eigenvalue weighted by molar-refractivity contribution is -0.133. The maximum Gasteiger partial charge on any atom is 0.245 e. The number of carbonyl (C=O) groups is 2. The van der Waals surface area contributed by atoms with Crippen LogP contribution in [0.1, 0.15) is 19.3 Å². The highest BCUT2D eigenvalue weighted by atomic mass is 16.5. The van der Waals surface area contributed by atoms with Crippen molar-refractivity contribution >= 4 is 17.6 Å². The molecule has 1 aromatic rings. The van der Waals surface area contributed by atoms with Crippen LogP contribution in [0.5, 0.6) is 5.88 Å². The minimum atomic E-state index is -0.375. The molecule has 3 rings (SSSR count). The van der Waals surface area contributed by atoms with Crippen LogP contribution in [0, 0.1) is 0 Å². The average Bonchev–Trinajstić information content (AvgIpc) is 3.16. The van der Waals surface area contributed by atoms with E-state index in [9.17, 15) is 9.59 Å². The lowest BCUT2D eigenvalue weighted by atomic mass is 10.2. The Morgan fingerprint density at radius 3 is 2.78 bits per heavy atom. The Labute approximate surface area is 134 Å². The zero-order valence-electron chi connectivity index (χ0n) is 13.4. The highest BCUT2D eigenvalue weighted by molar-refractivity contribution is 5.90. The Morgan fingerprint density at radius 1 is 1.35 bits per heavy atom. The van der Waals surface area contributed by atoms with Crippen molar-refractivity contribution in [1.29, 1.82) is 0 Å². The first kappa shape index (κ1) is 15.5. The van der Waals surface area contributed by atoms with E-state index in [-0.39, 0.29) is 24.0 Å². The second kappa shape index (κ2) is 6.39. The Hall–Kier alpha value is -2.38. The molecule has 2 aliphatic rings. The van der Waals surface area contributed by atoms with Crippen LogP contribution >= 0.6 is 0 Å². The highest BCUT2D eigenvalue weighted by Gasteiger charge is 2.35. The molecule has 0 saturated carbocycles. The van der Waals surface area contributed by atoms with Crippen molar-refractivity contribution in [1.82, 2.24) is 20.4 Å². The molecule has 8 nitrogen and oxygen atoms in total. The van der Waals surface area contributed by atoms with Crippen molar-refractivity contribution in [3.8, 4) is 5.88 Å². The number of ether oxygens (including phenoxy) is 1. The summed E-state index contributed by atoms with van der Waals surface area (Å²) in [6.45, 7) is 1.15. The number of nitrogens with one attached hydrogen (secondary N) is 1. The first-order valence-corrected chi connectivity index (χ1v) is 7.79. The number of hydrogen-bond donors (Lipinski definition) is 1. The minimum Gasteiger partial charge on any atom is -0.471 e. The molecule has 1 N–H and O–H groups in total. The quantitative estimate of drug-likeness (QED) is 0.827. The number of carbonyl (C=O) groups excluding carboxylic acids is 2. The van der Waals surface area contributed by atoms with Crippen LogP contribution in [0.3, 0.4) is 0 Å². The molecule has 3 heterocycles. The summed E-state index contributed by atoms with van der Waals surface area (Å²) in [5.41, 5.74) is 0. The molecule has 2 atom stereocenters. The fraction of sp³-hybridized carbons (Fsp3) is 0.600. The summed E-state index contributed by atoms with van der Waals surface area (Å²) in [6.07, 6.45) is 1.68. The van der Waals surface area contributed by atoms with E-state index in [0.29, 0.717) is 31.8 Å². The number of rotatable bonds is 4. The normalized spacial score (nSPS) is 23.7. The van der Waals surface area contributed by atoms with Gasteiger partial charge in [-0.05, 0) is 12.5 Å². The van der Waals surface area contributed by atoms with Gasteiger partial charge in [-0.15, -0.1) is 10.2 Å². The van der Waals surface area contributed by atoms with Crippen LogP contribution in [-0.2, 0) is 9.59 Å². The molecule has 2 fully saturated rings. The number of likely N-dealkylation sites (tertiary alicyclic amines) is 1. The van der Waals surface area contributed by atoms with Crippen LogP contribution in [0.2, 0.25) is 0 Å². The van der Waals surface area contributed by atoms with E-state index in [1.807, 2.05) is 25.1 Å². The molecule has 2 saturated heterocycles. The van der Waals surface area contributed by atoms with Crippen molar-refractivity contribution < 1.29 is 14.3 Å². The van der Waals surface area contributed by atoms with Gasteiger partial charge in [-0.1, -0.05) is 0 Å². The van der Waals surface area contributed by atoms with Gasteiger partial charge in [-0.25, -0.2) is 0 Å². The third kappa shape index (κ3) is 3.52. The van der Waals surface area contributed by atoms with Gasteiger partial charge in [-0.3, -0.25) is 9.59 Å².